The van der Waals surface area contributed by atoms with Gasteiger partial charge in [-0.25, -0.2) is 4.39 Å². The van der Waals surface area contributed by atoms with Crippen LogP contribution >= 0.6 is 11.6 Å². The van der Waals surface area contributed by atoms with E-state index >= 15 is 0 Å². The Balaban J connectivity index is 0.000000192. The molecule has 53 heavy (non-hydrogen) atoms. The lowest BCUT2D eigenvalue weighted by atomic mass is 9.85. The molecule has 0 aliphatic carbocycles. The van der Waals surface area contributed by atoms with Gasteiger partial charge in [0.05, 0.1) is 17.8 Å². The molecule has 2 atom stereocenters. The average Bonchev–Trinajstić information content (AvgIpc) is 3.63. The quantitative estimate of drug-likeness (QED) is 0.169. The first-order valence-electron chi connectivity index (χ1n) is 18.4. The minimum atomic E-state index is -0.318. The van der Waals surface area contributed by atoms with E-state index in [0.717, 1.165) is 23.3 Å². The van der Waals surface area contributed by atoms with Crippen molar-refractivity contribution in [3.63, 3.8) is 0 Å². The Bertz CT molecular complexity index is 2310. The van der Waals surface area contributed by atoms with Crippen molar-refractivity contribution in [3.05, 3.63) is 166 Å². The number of nitrogens with one attached hydrogen (secondary N) is 1. The first-order chi connectivity index (χ1) is 25.3. The van der Waals surface area contributed by atoms with Crippen molar-refractivity contribution < 1.29 is 4.39 Å². The van der Waals surface area contributed by atoms with Crippen LogP contribution in [0.1, 0.15) is 73.3 Å². The van der Waals surface area contributed by atoms with Crippen LogP contribution < -0.4 is 0 Å². The maximum Gasteiger partial charge on any atom is 0.124 e. The Hall–Kier alpha value is -4.68. The van der Waals surface area contributed by atoms with E-state index in [1.807, 2.05) is 26.2 Å². The predicted octanol–water partition coefficient (Wildman–Crippen LogP) is 12.2. The van der Waals surface area contributed by atoms with Crippen LogP contribution in [0.2, 0.25) is 5.02 Å². The van der Waals surface area contributed by atoms with Gasteiger partial charge in [-0.2, -0.15) is 0 Å². The summed E-state index contributed by atoms with van der Waals surface area (Å²) in [6.45, 7) is 12.1. The molecule has 0 saturated carbocycles. The molecule has 0 fully saturated rings. The summed E-state index contributed by atoms with van der Waals surface area (Å²) in [7, 11) is 8.39. The van der Waals surface area contributed by atoms with E-state index < -0.39 is 0 Å². The Kier molecular flexibility index (Phi) is 11.3. The number of fused-ring (bicyclic) bond motifs is 2. The van der Waals surface area contributed by atoms with Crippen LogP contribution in [0.4, 0.5) is 4.39 Å². The number of hydrogen-bond acceptors (Lipinski definition) is 2. The summed E-state index contributed by atoms with van der Waals surface area (Å²) in [5, 5.41) is 2.95. The van der Waals surface area contributed by atoms with Crippen molar-refractivity contribution in [1.82, 2.24) is 19.4 Å². The van der Waals surface area contributed by atoms with E-state index in [4.69, 9.17) is 11.6 Å². The molecular formula is C47H52ClFN4. The molecule has 2 heterocycles. The monoisotopic (exact) mass is 726 g/mol. The molecule has 0 radical (unpaired) electrons. The second kappa shape index (κ2) is 15.7. The largest absolute Gasteiger partial charge is 0.358 e. The van der Waals surface area contributed by atoms with Crippen LogP contribution in [-0.2, 0) is 12.0 Å². The first-order valence-corrected chi connectivity index (χ1v) is 18.8. The zero-order valence-corrected chi connectivity index (χ0v) is 33.3. The van der Waals surface area contributed by atoms with Crippen LogP contribution in [0.5, 0.6) is 0 Å². The molecule has 5 aromatic carbocycles. The van der Waals surface area contributed by atoms with Crippen LogP contribution in [-0.4, -0.2) is 47.5 Å². The molecule has 1 N–H and O–H groups in total. The smallest absolute Gasteiger partial charge is 0.124 e. The summed E-state index contributed by atoms with van der Waals surface area (Å²) >= 11 is 6.31. The summed E-state index contributed by atoms with van der Waals surface area (Å²) in [5.41, 5.74) is 12.4. The first kappa shape index (κ1) is 38.1. The molecular weight excluding hydrogens is 675 g/mol. The average molecular weight is 727 g/mol. The highest BCUT2D eigenvalue weighted by Gasteiger charge is 2.28. The van der Waals surface area contributed by atoms with Gasteiger partial charge >= 0.3 is 0 Å². The van der Waals surface area contributed by atoms with Crippen LogP contribution in [0.3, 0.4) is 0 Å². The highest BCUT2D eigenvalue weighted by Crippen LogP contribution is 2.42. The van der Waals surface area contributed by atoms with Gasteiger partial charge < -0.3 is 9.55 Å². The Morgan fingerprint density at radius 3 is 1.92 bits per heavy atom. The van der Waals surface area contributed by atoms with Crippen LogP contribution in [0.15, 0.2) is 121 Å². The van der Waals surface area contributed by atoms with E-state index in [1.165, 1.54) is 61.9 Å². The van der Waals surface area contributed by atoms with Gasteiger partial charge in [0.1, 0.15) is 5.82 Å². The molecule has 0 aliphatic rings. The fraction of sp³-hybridized carbons (Fsp3) is 0.277. The maximum atomic E-state index is 13.4. The summed E-state index contributed by atoms with van der Waals surface area (Å²) < 4.78 is 15.9. The number of aromatic amines is 1. The normalized spacial score (nSPS) is 13.1. The fourth-order valence-corrected chi connectivity index (χ4v) is 8.07. The van der Waals surface area contributed by atoms with Crippen molar-refractivity contribution >= 4 is 33.4 Å². The van der Waals surface area contributed by atoms with Crippen LogP contribution in [0.25, 0.3) is 33.1 Å². The van der Waals surface area contributed by atoms with Gasteiger partial charge in [0.2, 0.25) is 0 Å². The maximum absolute atomic E-state index is 13.4. The van der Waals surface area contributed by atoms with Crippen molar-refractivity contribution in [3.8, 4) is 11.3 Å². The molecule has 0 bridgehead atoms. The Labute approximate surface area is 319 Å². The van der Waals surface area contributed by atoms with Gasteiger partial charge in [-0.05, 0) is 94.0 Å². The fourth-order valence-electron chi connectivity index (χ4n) is 7.80. The molecule has 0 amide bonds. The summed E-state index contributed by atoms with van der Waals surface area (Å²) in [4.78, 5) is 7.87. The predicted molar refractivity (Wildman–Crippen MR) is 224 cm³/mol. The number of aromatic nitrogens is 2. The molecule has 0 aliphatic heterocycles. The molecule has 4 nitrogen and oxygen atoms in total. The van der Waals surface area contributed by atoms with Gasteiger partial charge in [0, 0.05) is 50.2 Å². The zero-order valence-electron chi connectivity index (χ0n) is 32.5. The topological polar surface area (TPSA) is 27.2 Å². The number of benzene rings is 5. The van der Waals surface area contributed by atoms with E-state index in [0.29, 0.717) is 5.02 Å². The van der Waals surface area contributed by atoms with Gasteiger partial charge in [0.25, 0.3) is 0 Å². The highest BCUT2D eigenvalue weighted by atomic mass is 35.5. The lowest BCUT2D eigenvalue weighted by molar-refractivity contribution is 0.343. The molecule has 274 valence electrons. The summed E-state index contributed by atoms with van der Waals surface area (Å²) in [6.07, 6.45) is 0. The number of hydrogen-bond donors (Lipinski definition) is 1. The van der Waals surface area contributed by atoms with Gasteiger partial charge in [-0.3, -0.25) is 9.80 Å². The molecule has 7 rings (SSSR count). The Morgan fingerprint density at radius 1 is 0.717 bits per heavy atom. The third kappa shape index (κ3) is 7.70. The minimum absolute atomic E-state index is 0.0377. The van der Waals surface area contributed by atoms with E-state index in [2.05, 4.69) is 159 Å². The van der Waals surface area contributed by atoms with Crippen molar-refractivity contribution in [2.45, 2.75) is 58.7 Å². The second-order valence-electron chi connectivity index (χ2n) is 15.4. The molecule has 0 saturated heterocycles. The number of H-pyrrole nitrogens is 1. The summed E-state index contributed by atoms with van der Waals surface area (Å²) in [5.74, 6) is -0.318. The van der Waals surface area contributed by atoms with Gasteiger partial charge in [0.15, 0.2) is 0 Å². The van der Waals surface area contributed by atoms with E-state index in [9.17, 15) is 4.39 Å². The number of nitrogens with zero attached hydrogens (tertiary/aromatic N) is 3. The number of aryl methyl sites for hydroxylation is 2. The standard InChI is InChI=1S/C29H34N2.C18H18ClFN2/c1-7-31-25-16-12-11-15-24(25)26(28(31)21-13-9-8-10-14-21)27(30(5)6)22-17-19-23(20-18-22)29(2,3)4;1-11-17(14-6-4-5-7-16(14)21-11)18(22(2)3)13-9-8-12(20)10-15(13)19/h8-20,27H,7H2,1-6H3;4-10,18,21H,1-3H3. The molecule has 6 heteroatoms. The lowest BCUT2D eigenvalue weighted by Gasteiger charge is -2.28. The minimum Gasteiger partial charge on any atom is -0.358 e. The number of rotatable bonds is 8. The van der Waals surface area contributed by atoms with E-state index in [1.54, 1.807) is 6.07 Å². The molecule has 2 aromatic heterocycles. The SMILES string of the molecule is CCn1c(-c2ccccc2)c(C(c2ccc(C(C)(C)C)cc2)N(C)C)c2ccccc21.Cc1[nH]c2ccccc2c1C(c1ccc(F)cc1Cl)N(C)C. The van der Waals surface area contributed by atoms with Crippen molar-refractivity contribution in [2.75, 3.05) is 28.2 Å². The zero-order chi connectivity index (χ0) is 38.0. The van der Waals surface area contributed by atoms with E-state index in [-0.39, 0.29) is 23.3 Å². The number of halogens is 2. The molecule has 2 unspecified atom stereocenters. The van der Waals surface area contributed by atoms with Gasteiger partial charge in [-0.15, -0.1) is 0 Å². The summed E-state index contributed by atoms with van der Waals surface area (Å²) in [6, 6.07) is 41.8. The molecule has 0 spiro atoms. The third-order valence-electron chi connectivity index (χ3n) is 10.2. The second-order valence-corrected chi connectivity index (χ2v) is 15.8. The third-order valence-corrected chi connectivity index (χ3v) is 10.6. The highest BCUT2D eigenvalue weighted by molar-refractivity contribution is 6.31. The van der Waals surface area contributed by atoms with Crippen molar-refractivity contribution in [2.24, 2.45) is 0 Å². The van der Waals surface area contributed by atoms with Crippen LogP contribution in [0, 0.1) is 12.7 Å². The van der Waals surface area contributed by atoms with Crippen molar-refractivity contribution in [1.29, 1.82) is 0 Å². The lowest BCUT2D eigenvalue weighted by Crippen LogP contribution is -2.22. The number of para-hydroxylation sites is 2. The van der Waals surface area contributed by atoms with Gasteiger partial charge in [-0.1, -0.05) is 129 Å². The molecule has 7 aromatic rings. The Morgan fingerprint density at radius 2 is 1.32 bits per heavy atom.